The number of hydrogen-bond acceptors (Lipinski definition) is 4. The Kier molecular flexibility index (Phi) is 7.55. The summed E-state index contributed by atoms with van der Waals surface area (Å²) in [5, 5.41) is 6.59. The zero-order valence-electron chi connectivity index (χ0n) is 13.5. The smallest absolute Gasteiger partial charge is 0.238 e. The van der Waals surface area contributed by atoms with Gasteiger partial charge in [0.25, 0.3) is 0 Å². The van der Waals surface area contributed by atoms with Crippen molar-refractivity contribution in [3.8, 4) is 5.75 Å². The van der Waals surface area contributed by atoms with Gasteiger partial charge in [0.2, 0.25) is 5.91 Å². The van der Waals surface area contributed by atoms with Gasteiger partial charge in [-0.15, -0.1) is 0 Å². The molecular weight excluding hydrogens is 328 g/mol. The summed E-state index contributed by atoms with van der Waals surface area (Å²) in [6.45, 7) is 1.71. The minimum absolute atomic E-state index is 0.129. The van der Waals surface area contributed by atoms with Crippen LogP contribution < -0.4 is 15.4 Å². The average molecular weight is 349 g/mol. The molecule has 24 heavy (non-hydrogen) atoms. The fourth-order valence-electron chi connectivity index (χ4n) is 2.06. The van der Waals surface area contributed by atoms with E-state index in [2.05, 4.69) is 10.6 Å². The van der Waals surface area contributed by atoms with E-state index in [4.69, 9.17) is 21.1 Å². The zero-order valence-corrected chi connectivity index (χ0v) is 14.3. The molecule has 0 spiro atoms. The topological polar surface area (TPSA) is 59.6 Å². The standard InChI is InChI=1S/C18H21ClN2O3/c1-23-9-10-24-16-7-4-6-15(11-16)21-18(22)13-20-12-14-5-2-3-8-17(14)19/h2-8,11,20H,9-10,12-13H2,1H3,(H,21,22). The van der Waals surface area contributed by atoms with Crippen molar-refractivity contribution >= 4 is 23.2 Å². The van der Waals surface area contributed by atoms with Crippen LogP contribution in [0.1, 0.15) is 5.56 Å². The summed E-state index contributed by atoms with van der Waals surface area (Å²) >= 11 is 6.08. The molecule has 0 bridgehead atoms. The van der Waals surface area contributed by atoms with Crippen molar-refractivity contribution in [1.29, 1.82) is 0 Å². The van der Waals surface area contributed by atoms with E-state index in [1.807, 2.05) is 42.5 Å². The number of hydrogen-bond donors (Lipinski definition) is 2. The lowest BCUT2D eigenvalue weighted by atomic mass is 10.2. The fourth-order valence-corrected chi connectivity index (χ4v) is 2.27. The Hall–Kier alpha value is -2.08. The Morgan fingerprint density at radius 3 is 2.75 bits per heavy atom. The van der Waals surface area contributed by atoms with Gasteiger partial charge in [-0.2, -0.15) is 0 Å². The van der Waals surface area contributed by atoms with E-state index in [-0.39, 0.29) is 12.5 Å². The van der Waals surface area contributed by atoms with Gasteiger partial charge in [-0.3, -0.25) is 4.79 Å². The van der Waals surface area contributed by atoms with Gasteiger partial charge >= 0.3 is 0 Å². The molecule has 0 fully saturated rings. The first-order valence-electron chi connectivity index (χ1n) is 7.65. The molecule has 2 aromatic carbocycles. The number of halogens is 1. The summed E-state index contributed by atoms with van der Waals surface area (Å²) in [4.78, 5) is 12.0. The van der Waals surface area contributed by atoms with E-state index < -0.39 is 0 Å². The molecule has 5 nitrogen and oxygen atoms in total. The van der Waals surface area contributed by atoms with Crippen LogP contribution in [0.3, 0.4) is 0 Å². The number of anilines is 1. The van der Waals surface area contributed by atoms with Gasteiger partial charge < -0.3 is 20.1 Å². The van der Waals surface area contributed by atoms with Crippen LogP contribution >= 0.6 is 11.6 Å². The number of benzene rings is 2. The molecular formula is C18H21ClN2O3. The normalized spacial score (nSPS) is 10.4. The third-order valence-corrected chi connectivity index (χ3v) is 3.60. The van der Waals surface area contributed by atoms with Crippen LogP contribution in [0, 0.1) is 0 Å². The summed E-state index contributed by atoms with van der Waals surface area (Å²) in [6.07, 6.45) is 0. The van der Waals surface area contributed by atoms with Gasteiger partial charge in [-0.25, -0.2) is 0 Å². The minimum Gasteiger partial charge on any atom is -0.491 e. The maximum atomic E-state index is 12.0. The molecule has 0 unspecified atom stereocenters. The molecule has 2 rings (SSSR count). The largest absolute Gasteiger partial charge is 0.491 e. The van der Waals surface area contributed by atoms with Gasteiger partial charge in [0.05, 0.1) is 13.2 Å². The molecule has 2 N–H and O–H groups in total. The lowest BCUT2D eigenvalue weighted by Gasteiger charge is -2.10. The summed E-state index contributed by atoms with van der Waals surface area (Å²) in [7, 11) is 1.62. The highest BCUT2D eigenvalue weighted by molar-refractivity contribution is 6.31. The molecule has 0 heterocycles. The molecule has 2 aromatic rings. The Morgan fingerprint density at radius 2 is 1.96 bits per heavy atom. The van der Waals surface area contributed by atoms with Crippen molar-refractivity contribution in [2.75, 3.05) is 32.2 Å². The third kappa shape index (κ3) is 6.20. The Labute approximate surface area is 146 Å². The molecule has 0 saturated carbocycles. The van der Waals surface area contributed by atoms with Crippen molar-refractivity contribution in [1.82, 2.24) is 5.32 Å². The number of rotatable bonds is 9. The Morgan fingerprint density at radius 1 is 1.12 bits per heavy atom. The Balaban J connectivity index is 1.77. The lowest BCUT2D eigenvalue weighted by Crippen LogP contribution is -2.27. The van der Waals surface area contributed by atoms with Crippen LogP contribution in [0.25, 0.3) is 0 Å². The zero-order chi connectivity index (χ0) is 17.2. The third-order valence-electron chi connectivity index (χ3n) is 3.23. The first kappa shape index (κ1) is 18.3. The molecule has 0 aliphatic heterocycles. The summed E-state index contributed by atoms with van der Waals surface area (Å²) in [6, 6.07) is 14.8. The number of carbonyl (C=O) groups is 1. The fraction of sp³-hybridized carbons (Fsp3) is 0.278. The Bertz CT molecular complexity index is 664. The van der Waals surface area contributed by atoms with Gasteiger partial charge in [0.1, 0.15) is 12.4 Å². The monoisotopic (exact) mass is 348 g/mol. The van der Waals surface area contributed by atoms with Gasteiger partial charge in [0, 0.05) is 30.4 Å². The predicted molar refractivity (Wildman–Crippen MR) is 95.6 cm³/mol. The van der Waals surface area contributed by atoms with Gasteiger partial charge in [0.15, 0.2) is 0 Å². The predicted octanol–water partition coefficient (Wildman–Crippen LogP) is 3.09. The maximum absolute atomic E-state index is 12.0. The van der Waals surface area contributed by atoms with Crippen molar-refractivity contribution in [2.45, 2.75) is 6.54 Å². The number of ether oxygens (including phenoxy) is 2. The average Bonchev–Trinajstić information content (AvgIpc) is 2.57. The van der Waals surface area contributed by atoms with Crippen LogP contribution in [0.15, 0.2) is 48.5 Å². The molecule has 0 atom stereocenters. The van der Waals surface area contributed by atoms with Crippen molar-refractivity contribution in [2.24, 2.45) is 0 Å². The highest BCUT2D eigenvalue weighted by Crippen LogP contribution is 2.17. The number of amides is 1. The molecule has 0 aromatic heterocycles. The molecule has 6 heteroatoms. The van der Waals surface area contributed by atoms with E-state index in [1.165, 1.54) is 0 Å². The number of nitrogens with one attached hydrogen (secondary N) is 2. The molecule has 1 amide bonds. The van der Waals surface area contributed by atoms with E-state index in [9.17, 15) is 4.79 Å². The van der Waals surface area contributed by atoms with E-state index >= 15 is 0 Å². The van der Waals surface area contributed by atoms with E-state index in [0.717, 1.165) is 5.56 Å². The maximum Gasteiger partial charge on any atom is 0.238 e. The molecule has 0 aliphatic rings. The number of methoxy groups -OCH3 is 1. The first-order chi connectivity index (χ1) is 11.7. The molecule has 0 aliphatic carbocycles. The highest BCUT2D eigenvalue weighted by Gasteiger charge is 2.04. The van der Waals surface area contributed by atoms with Crippen molar-refractivity contribution in [3.63, 3.8) is 0 Å². The summed E-state index contributed by atoms with van der Waals surface area (Å²) in [5.41, 5.74) is 1.65. The summed E-state index contributed by atoms with van der Waals surface area (Å²) < 4.78 is 10.4. The quantitative estimate of drug-likeness (QED) is 0.684. The van der Waals surface area contributed by atoms with Gasteiger partial charge in [-0.1, -0.05) is 35.9 Å². The van der Waals surface area contributed by atoms with Crippen molar-refractivity contribution < 1.29 is 14.3 Å². The first-order valence-corrected chi connectivity index (χ1v) is 8.02. The molecule has 0 saturated heterocycles. The second-order valence-corrected chi connectivity index (χ2v) is 5.52. The van der Waals surface area contributed by atoms with Crippen molar-refractivity contribution in [3.05, 3.63) is 59.1 Å². The van der Waals surface area contributed by atoms with E-state index in [0.29, 0.717) is 36.2 Å². The molecule has 128 valence electrons. The van der Waals surface area contributed by atoms with E-state index in [1.54, 1.807) is 13.2 Å². The SMILES string of the molecule is COCCOc1cccc(NC(=O)CNCc2ccccc2Cl)c1. The highest BCUT2D eigenvalue weighted by atomic mass is 35.5. The van der Waals surface area contributed by atoms with Crippen LogP contribution in [0.4, 0.5) is 5.69 Å². The second-order valence-electron chi connectivity index (χ2n) is 5.11. The van der Waals surface area contributed by atoms with Crippen LogP contribution in [0.5, 0.6) is 5.75 Å². The minimum atomic E-state index is -0.129. The van der Waals surface area contributed by atoms with Gasteiger partial charge in [-0.05, 0) is 23.8 Å². The van der Waals surface area contributed by atoms with Crippen LogP contribution in [0.2, 0.25) is 5.02 Å². The van der Waals surface area contributed by atoms with Crippen LogP contribution in [-0.2, 0) is 16.1 Å². The summed E-state index contributed by atoms with van der Waals surface area (Å²) in [5.74, 6) is 0.560. The number of carbonyl (C=O) groups excluding carboxylic acids is 1. The lowest BCUT2D eigenvalue weighted by molar-refractivity contribution is -0.115. The van der Waals surface area contributed by atoms with Crippen LogP contribution in [-0.4, -0.2) is 32.8 Å². The second kappa shape index (κ2) is 9.93. The molecule has 0 radical (unpaired) electrons.